The lowest BCUT2D eigenvalue weighted by Crippen LogP contribution is -2.26. The van der Waals surface area contributed by atoms with Crippen molar-refractivity contribution in [2.45, 2.75) is 71.6 Å². The van der Waals surface area contributed by atoms with E-state index in [1.54, 1.807) is 0 Å². The van der Waals surface area contributed by atoms with Crippen LogP contribution in [-0.4, -0.2) is 37.5 Å². The highest BCUT2D eigenvalue weighted by molar-refractivity contribution is 6.03. The highest BCUT2D eigenvalue weighted by atomic mass is 16.5. The first kappa shape index (κ1) is 31.7. The maximum absolute atomic E-state index is 6.87. The quantitative estimate of drug-likeness (QED) is 0.236. The second-order valence-electron chi connectivity index (χ2n) is 13.8. The lowest BCUT2D eigenvalue weighted by atomic mass is 9.81. The third kappa shape index (κ3) is 5.53. The van der Waals surface area contributed by atoms with Crippen LogP contribution in [0.3, 0.4) is 0 Å². The van der Waals surface area contributed by atoms with Gasteiger partial charge in [-0.3, -0.25) is 0 Å². The van der Waals surface area contributed by atoms with Gasteiger partial charge in [-0.15, -0.1) is 0 Å². The van der Waals surface area contributed by atoms with Gasteiger partial charge in [0.1, 0.15) is 18.6 Å². The van der Waals surface area contributed by atoms with Crippen molar-refractivity contribution in [3.05, 3.63) is 131 Å². The van der Waals surface area contributed by atoms with E-state index in [4.69, 9.17) is 4.74 Å². The summed E-state index contributed by atoms with van der Waals surface area (Å²) in [6, 6.07) is 26.1. The highest BCUT2D eigenvalue weighted by Gasteiger charge is 2.42. The van der Waals surface area contributed by atoms with Gasteiger partial charge < -0.3 is 14.5 Å². The lowest BCUT2D eigenvalue weighted by molar-refractivity contribution is -0.401. The molecule has 3 aliphatic rings. The van der Waals surface area contributed by atoms with Crippen LogP contribution < -0.4 is 14.5 Å². The molecule has 0 N–H and O–H groups in total. The van der Waals surface area contributed by atoms with Crippen molar-refractivity contribution < 1.29 is 9.31 Å². The second kappa shape index (κ2) is 12.5. The van der Waals surface area contributed by atoms with E-state index in [9.17, 15) is 0 Å². The molecule has 46 heavy (non-hydrogen) atoms. The van der Waals surface area contributed by atoms with Gasteiger partial charge in [-0.1, -0.05) is 56.3 Å². The summed E-state index contributed by atoms with van der Waals surface area (Å²) in [7, 11) is 4.37. The van der Waals surface area contributed by atoms with E-state index in [0.29, 0.717) is 0 Å². The van der Waals surface area contributed by atoms with Crippen molar-refractivity contribution in [3.8, 4) is 5.75 Å². The Morgan fingerprint density at radius 1 is 0.804 bits per heavy atom. The summed E-state index contributed by atoms with van der Waals surface area (Å²) in [5.41, 5.74) is 11.5. The first-order chi connectivity index (χ1) is 22.1. The van der Waals surface area contributed by atoms with Gasteiger partial charge in [0.25, 0.3) is 0 Å². The number of fused-ring (bicyclic) bond motifs is 2. The van der Waals surface area contributed by atoms with E-state index in [2.05, 4.69) is 167 Å². The number of para-hydroxylation sites is 2. The van der Waals surface area contributed by atoms with Crippen molar-refractivity contribution in [3.63, 3.8) is 0 Å². The number of benzene rings is 3. The average molecular weight is 613 g/mol. The van der Waals surface area contributed by atoms with Gasteiger partial charge in [-0.05, 0) is 106 Å². The molecule has 4 heteroatoms. The maximum atomic E-state index is 6.87. The van der Waals surface area contributed by atoms with E-state index >= 15 is 0 Å². The molecule has 0 amide bonds. The molecule has 0 fully saturated rings. The maximum Gasteiger partial charge on any atom is 0.209 e. The number of hydrogen-bond acceptors (Lipinski definition) is 3. The fraction of sp³-hybridized carbons (Fsp3) is 0.357. The predicted octanol–water partition coefficient (Wildman–Crippen LogP) is 9.85. The molecule has 3 aromatic carbocycles. The first-order valence-electron chi connectivity index (χ1n) is 17.0. The van der Waals surface area contributed by atoms with Crippen LogP contribution in [0.4, 0.5) is 17.1 Å². The molecule has 0 bridgehead atoms. The van der Waals surface area contributed by atoms with E-state index in [1.807, 2.05) is 0 Å². The summed E-state index contributed by atoms with van der Waals surface area (Å²) in [5.74, 6) is 1.86. The molecule has 0 saturated carbocycles. The number of anilines is 2. The van der Waals surface area contributed by atoms with Crippen LogP contribution in [0.25, 0.3) is 0 Å². The smallest absolute Gasteiger partial charge is 0.209 e. The monoisotopic (exact) mass is 612 g/mol. The number of rotatable bonds is 8. The molecule has 2 heterocycles. The molecular formula is C42H50N3O+. The SMILES string of the molecule is CCN(CC)c1ccc(OC2=C(C=CC3=[N+](C)c4ccccc4C3(C)C)CCCC2=CC=C2N(C)c3ccccc3C2(C)C)cc1. The minimum Gasteiger partial charge on any atom is -0.457 e. The standard InChI is InChI=1S/C42H50N3O/c1-9-45(10-2)32-24-26-33(27-25-32)46-40-30(22-28-38-41(3,4)34-18-11-13-20-36(34)43(38)7)16-15-17-31(40)23-29-39-42(5,6)35-19-12-14-21-37(35)44(39)8/h11-14,18-29H,9-10,15-17H2,1-8H3/q+1. The Morgan fingerprint density at radius 3 is 2.15 bits per heavy atom. The first-order valence-corrected chi connectivity index (χ1v) is 17.0. The molecule has 0 radical (unpaired) electrons. The van der Waals surface area contributed by atoms with Gasteiger partial charge in [0.2, 0.25) is 5.69 Å². The summed E-state index contributed by atoms with van der Waals surface area (Å²) < 4.78 is 9.22. The highest BCUT2D eigenvalue weighted by Crippen LogP contribution is 2.47. The molecule has 0 spiro atoms. The number of hydrogen-bond donors (Lipinski definition) is 0. The number of likely N-dealkylation sites (N-methyl/N-ethyl adjacent to an activating group) is 1. The minimum absolute atomic E-state index is 0.0743. The predicted molar refractivity (Wildman–Crippen MR) is 195 cm³/mol. The van der Waals surface area contributed by atoms with Crippen molar-refractivity contribution in [2.75, 3.05) is 37.0 Å². The Balaban J connectivity index is 1.40. The Bertz CT molecular complexity index is 1780. The fourth-order valence-electron chi connectivity index (χ4n) is 7.75. The van der Waals surface area contributed by atoms with Crippen LogP contribution in [0.5, 0.6) is 5.75 Å². The Kier molecular flexibility index (Phi) is 8.58. The molecule has 2 aliphatic heterocycles. The van der Waals surface area contributed by atoms with Gasteiger partial charge in [0.15, 0.2) is 5.71 Å². The van der Waals surface area contributed by atoms with Crippen LogP contribution in [0.15, 0.2) is 120 Å². The third-order valence-electron chi connectivity index (χ3n) is 10.4. The summed E-state index contributed by atoms with van der Waals surface area (Å²) in [6.45, 7) is 15.7. The largest absolute Gasteiger partial charge is 0.457 e. The van der Waals surface area contributed by atoms with Crippen molar-refractivity contribution in [1.82, 2.24) is 0 Å². The summed E-state index contributed by atoms with van der Waals surface area (Å²) in [4.78, 5) is 4.71. The average Bonchev–Trinajstić information content (AvgIpc) is 3.38. The van der Waals surface area contributed by atoms with Gasteiger partial charge >= 0.3 is 0 Å². The number of ether oxygens (including phenoxy) is 1. The molecule has 4 nitrogen and oxygen atoms in total. The zero-order valence-electron chi connectivity index (χ0n) is 29.0. The van der Waals surface area contributed by atoms with Crippen molar-refractivity contribution in [2.24, 2.45) is 0 Å². The van der Waals surface area contributed by atoms with E-state index in [1.165, 1.54) is 50.7 Å². The van der Waals surface area contributed by atoms with Crippen molar-refractivity contribution >= 4 is 22.8 Å². The minimum atomic E-state index is -0.0743. The van der Waals surface area contributed by atoms with E-state index in [0.717, 1.165) is 43.9 Å². The van der Waals surface area contributed by atoms with Gasteiger partial charge in [0.05, 0.1) is 5.41 Å². The fourth-order valence-corrected chi connectivity index (χ4v) is 7.75. The summed E-state index contributed by atoms with van der Waals surface area (Å²) in [6.07, 6.45) is 12.4. The molecule has 0 saturated heterocycles. The Hall–Kier alpha value is -4.31. The van der Waals surface area contributed by atoms with Crippen molar-refractivity contribution in [1.29, 1.82) is 0 Å². The van der Waals surface area contributed by atoms with Crippen LogP contribution in [0, 0.1) is 0 Å². The zero-order chi connectivity index (χ0) is 32.6. The van der Waals surface area contributed by atoms with Crippen LogP contribution in [0.2, 0.25) is 0 Å². The van der Waals surface area contributed by atoms with Gasteiger partial charge in [-0.25, -0.2) is 0 Å². The zero-order valence-corrected chi connectivity index (χ0v) is 29.0. The molecule has 6 rings (SSSR count). The molecule has 238 valence electrons. The molecule has 0 aromatic heterocycles. The summed E-state index contributed by atoms with van der Waals surface area (Å²) >= 11 is 0. The Labute approximate surface area is 276 Å². The topological polar surface area (TPSA) is 18.7 Å². The van der Waals surface area contributed by atoms with Crippen LogP contribution in [0.1, 0.15) is 71.9 Å². The van der Waals surface area contributed by atoms with Gasteiger partial charge in [0, 0.05) is 60.3 Å². The van der Waals surface area contributed by atoms with Crippen LogP contribution >= 0.6 is 0 Å². The van der Waals surface area contributed by atoms with E-state index in [-0.39, 0.29) is 10.8 Å². The molecular weight excluding hydrogens is 562 g/mol. The van der Waals surface area contributed by atoms with Gasteiger partial charge in [-0.2, -0.15) is 4.58 Å². The second-order valence-corrected chi connectivity index (χ2v) is 13.8. The molecule has 0 atom stereocenters. The lowest BCUT2D eigenvalue weighted by Gasteiger charge is -2.25. The molecule has 1 aliphatic carbocycles. The third-order valence-corrected chi connectivity index (χ3v) is 10.4. The number of allylic oxidation sites excluding steroid dienone is 7. The molecule has 0 unspecified atom stereocenters. The number of nitrogens with zero attached hydrogens (tertiary/aromatic N) is 3. The molecule has 3 aromatic rings. The van der Waals surface area contributed by atoms with E-state index < -0.39 is 0 Å². The Morgan fingerprint density at radius 2 is 1.48 bits per heavy atom. The normalized spacial score (nSPS) is 20.2. The van der Waals surface area contributed by atoms with Crippen LogP contribution in [-0.2, 0) is 10.8 Å². The summed E-state index contributed by atoms with van der Waals surface area (Å²) in [5, 5.41) is 0.